The zero-order valence-electron chi connectivity index (χ0n) is 30.6. The SMILES string of the molecule is [CH2]CCCc1cc(CCCCCCCCCCCCCCCCC)nc(CCCCCCCCCCCCCCCCC)c1. The highest BCUT2D eigenvalue weighted by Crippen LogP contribution is 2.18. The summed E-state index contributed by atoms with van der Waals surface area (Å²) >= 11 is 0. The molecule has 257 valence electrons. The predicted molar refractivity (Wildman–Crippen MR) is 200 cm³/mol. The highest BCUT2D eigenvalue weighted by Gasteiger charge is 2.05. The van der Waals surface area contributed by atoms with Crippen molar-refractivity contribution in [1.29, 1.82) is 0 Å². The van der Waals surface area contributed by atoms with Crippen molar-refractivity contribution in [2.75, 3.05) is 0 Å². The summed E-state index contributed by atoms with van der Waals surface area (Å²) in [6.07, 6.45) is 48.6. The quantitative estimate of drug-likeness (QED) is 0.0697. The Morgan fingerprint density at radius 1 is 0.364 bits per heavy atom. The average molecular weight is 611 g/mol. The topological polar surface area (TPSA) is 12.9 Å². The van der Waals surface area contributed by atoms with Crippen LogP contribution >= 0.6 is 0 Å². The molecule has 0 bridgehead atoms. The third-order valence-corrected chi connectivity index (χ3v) is 9.78. The summed E-state index contributed by atoms with van der Waals surface area (Å²) in [5, 5.41) is 0. The highest BCUT2D eigenvalue weighted by atomic mass is 14.7. The molecule has 0 aliphatic heterocycles. The van der Waals surface area contributed by atoms with Gasteiger partial charge in [-0.2, -0.15) is 0 Å². The van der Waals surface area contributed by atoms with Crippen molar-refractivity contribution in [3.8, 4) is 0 Å². The Bertz CT molecular complexity index is 642. The van der Waals surface area contributed by atoms with E-state index in [2.05, 4.69) is 32.9 Å². The zero-order valence-corrected chi connectivity index (χ0v) is 30.6. The van der Waals surface area contributed by atoms with Gasteiger partial charge >= 0.3 is 0 Å². The number of aromatic nitrogens is 1. The number of nitrogens with zero attached hydrogens (tertiary/aromatic N) is 1. The van der Waals surface area contributed by atoms with E-state index in [1.165, 1.54) is 235 Å². The lowest BCUT2D eigenvalue weighted by Gasteiger charge is -2.10. The molecule has 0 fully saturated rings. The minimum absolute atomic E-state index is 1.03. The summed E-state index contributed by atoms with van der Waals surface area (Å²) in [6.45, 7) is 8.69. The highest BCUT2D eigenvalue weighted by molar-refractivity contribution is 5.22. The van der Waals surface area contributed by atoms with E-state index in [1.807, 2.05) is 0 Å². The summed E-state index contributed by atoms with van der Waals surface area (Å²) < 4.78 is 0. The maximum atomic E-state index is 5.13. The van der Waals surface area contributed by atoms with Crippen LogP contribution in [0.3, 0.4) is 0 Å². The molecule has 0 aromatic carbocycles. The lowest BCUT2D eigenvalue weighted by atomic mass is 10.0. The minimum atomic E-state index is 1.03. The van der Waals surface area contributed by atoms with E-state index in [1.54, 1.807) is 0 Å². The van der Waals surface area contributed by atoms with Gasteiger partial charge in [-0.05, 0) is 56.2 Å². The van der Waals surface area contributed by atoms with Gasteiger partial charge in [0.1, 0.15) is 0 Å². The molecule has 1 rings (SSSR count). The molecule has 1 aromatic heterocycles. The van der Waals surface area contributed by atoms with Crippen molar-refractivity contribution in [3.05, 3.63) is 36.0 Å². The van der Waals surface area contributed by atoms with Crippen molar-refractivity contribution in [2.45, 2.75) is 239 Å². The van der Waals surface area contributed by atoms with E-state index in [-0.39, 0.29) is 0 Å². The van der Waals surface area contributed by atoms with Gasteiger partial charge in [0.15, 0.2) is 0 Å². The molecule has 0 amide bonds. The number of hydrogen-bond acceptors (Lipinski definition) is 1. The normalized spacial score (nSPS) is 11.5. The molecule has 0 aliphatic rings. The molecule has 1 radical (unpaired) electrons. The Morgan fingerprint density at radius 3 is 0.909 bits per heavy atom. The molecule has 44 heavy (non-hydrogen) atoms. The summed E-state index contributed by atoms with van der Waals surface area (Å²) in [5.74, 6) is 0. The molecular formula is C43H80N. The van der Waals surface area contributed by atoms with E-state index in [4.69, 9.17) is 4.98 Å². The Hall–Kier alpha value is -0.850. The van der Waals surface area contributed by atoms with Gasteiger partial charge in [-0.15, -0.1) is 0 Å². The molecule has 1 nitrogen and oxygen atoms in total. The lowest BCUT2D eigenvalue weighted by Crippen LogP contribution is -2.00. The maximum absolute atomic E-state index is 5.13. The maximum Gasteiger partial charge on any atom is 0.0409 e. The van der Waals surface area contributed by atoms with Crippen molar-refractivity contribution < 1.29 is 0 Å². The fourth-order valence-corrected chi connectivity index (χ4v) is 6.80. The van der Waals surface area contributed by atoms with Gasteiger partial charge in [-0.25, -0.2) is 0 Å². The summed E-state index contributed by atoms with van der Waals surface area (Å²) in [4.78, 5) is 5.13. The van der Waals surface area contributed by atoms with Crippen molar-refractivity contribution in [2.24, 2.45) is 0 Å². The van der Waals surface area contributed by atoms with Crippen LogP contribution in [0.15, 0.2) is 12.1 Å². The van der Waals surface area contributed by atoms with Gasteiger partial charge < -0.3 is 0 Å². The van der Waals surface area contributed by atoms with Gasteiger partial charge in [0, 0.05) is 11.4 Å². The van der Waals surface area contributed by atoms with Crippen LogP contribution in [-0.2, 0) is 19.3 Å². The fraction of sp³-hybridized carbons (Fsp3) is 0.860. The van der Waals surface area contributed by atoms with Crippen LogP contribution in [0.5, 0.6) is 0 Å². The van der Waals surface area contributed by atoms with Gasteiger partial charge in [0.25, 0.3) is 0 Å². The van der Waals surface area contributed by atoms with E-state index in [9.17, 15) is 0 Å². The monoisotopic (exact) mass is 611 g/mol. The first-order valence-electron chi connectivity index (χ1n) is 20.6. The van der Waals surface area contributed by atoms with Crippen LogP contribution in [0.2, 0.25) is 0 Å². The molecule has 0 saturated heterocycles. The summed E-state index contributed by atoms with van der Waals surface area (Å²) in [6, 6.07) is 4.82. The second kappa shape index (κ2) is 33.5. The van der Waals surface area contributed by atoms with Crippen molar-refractivity contribution in [3.63, 3.8) is 0 Å². The molecule has 0 saturated carbocycles. The zero-order chi connectivity index (χ0) is 31.6. The first-order chi connectivity index (χ1) is 21.8. The van der Waals surface area contributed by atoms with Gasteiger partial charge in [0.05, 0.1) is 0 Å². The Morgan fingerprint density at radius 2 is 0.636 bits per heavy atom. The molecule has 1 heteroatoms. The molecule has 0 N–H and O–H groups in total. The smallest absolute Gasteiger partial charge is 0.0409 e. The second-order valence-corrected chi connectivity index (χ2v) is 14.3. The van der Waals surface area contributed by atoms with Crippen LogP contribution in [0, 0.1) is 6.92 Å². The summed E-state index contributed by atoms with van der Waals surface area (Å²) in [7, 11) is 0. The first kappa shape index (κ1) is 41.2. The van der Waals surface area contributed by atoms with E-state index in [0.717, 1.165) is 6.42 Å². The van der Waals surface area contributed by atoms with Crippen molar-refractivity contribution >= 4 is 0 Å². The number of pyridine rings is 1. The number of rotatable bonds is 35. The fourth-order valence-electron chi connectivity index (χ4n) is 6.80. The van der Waals surface area contributed by atoms with Gasteiger partial charge in [-0.3, -0.25) is 4.98 Å². The molecule has 0 atom stereocenters. The van der Waals surface area contributed by atoms with E-state index < -0.39 is 0 Å². The Labute approximate surface area is 279 Å². The number of aryl methyl sites for hydroxylation is 3. The van der Waals surface area contributed by atoms with E-state index >= 15 is 0 Å². The molecule has 1 heterocycles. The number of hydrogen-bond donors (Lipinski definition) is 0. The predicted octanol–water partition coefficient (Wildman–Crippen LogP) is 15.1. The Balaban J connectivity index is 2.09. The molecular weight excluding hydrogens is 530 g/mol. The van der Waals surface area contributed by atoms with Gasteiger partial charge in [-0.1, -0.05) is 207 Å². The number of unbranched alkanes of at least 4 members (excludes halogenated alkanes) is 29. The molecule has 0 aliphatic carbocycles. The van der Waals surface area contributed by atoms with Crippen molar-refractivity contribution in [1.82, 2.24) is 4.98 Å². The third-order valence-electron chi connectivity index (χ3n) is 9.78. The standard InChI is InChI=1S/C43H80N/c1-4-7-10-12-14-16-18-20-22-24-26-28-30-32-34-37-42-39-41(36-9-6-3)40-43(44-42)38-35-33-31-29-27-25-23-21-19-17-15-13-11-8-5-2/h39-40H,3-38H2,1-2H3. The van der Waals surface area contributed by atoms with Crippen LogP contribution in [0.1, 0.15) is 236 Å². The molecule has 0 spiro atoms. The minimum Gasteiger partial charge on any atom is -0.258 e. The van der Waals surface area contributed by atoms with E-state index in [0.29, 0.717) is 0 Å². The average Bonchev–Trinajstić information content (AvgIpc) is 3.03. The van der Waals surface area contributed by atoms with Crippen LogP contribution in [0.4, 0.5) is 0 Å². The first-order valence-corrected chi connectivity index (χ1v) is 20.6. The van der Waals surface area contributed by atoms with Gasteiger partial charge in [0.2, 0.25) is 0 Å². The summed E-state index contributed by atoms with van der Waals surface area (Å²) in [5.41, 5.74) is 4.23. The Kier molecular flexibility index (Phi) is 31.4. The van der Waals surface area contributed by atoms with Crippen LogP contribution < -0.4 is 0 Å². The largest absolute Gasteiger partial charge is 0.258 e. The second-order valence-electron chi connectivity index (χ2n) is 14.3. The molecule has 1 aromatic rings. The third kappa shape index (κ3) is 27.5. The molecule has 0 unspecified atom stereocenters. The van der Waals surface area contributed by atoms with Crippen LogP contribution in [-0.4, -0.2) is 4.98 Å². The lowest BCUT2D eigenvalue weighted by molar-refractivity contribution is 0.531. The van der Waals surface area contributed by atoms with Crippen LogP contribution in [0.25, 0.3) is 0 Å².